The van der Waals surface area contributed by atoms with E-state index in [1.165, 1.54) is 33.6 Å². The molecule has 4 rings (SSSR count). The summed E-state index contributed by atoms with van der Waals surface area (Å²) in [6.07, 6.45) is 5.07. The molecule has 3 aromatic rings. The molecule has 4 nitrogen and oxygen atoms in total. The number of fused-ring (bicyclic) bond motifs is 3. The van der Waals surface area contributed by atoms with Crippen molar-refractivity contribution >= 4 is 29.8 Å². The predicted molar refractivity (Wildman–Crippen MR) is 116 cm³/mol. The smallest absolute Gasteiger partial charge is 0.407 e. The molecular weight excluding hydrogens is 382 g/mol. The molecule has 5 heteroatoms. The fraction of sp³-hybridized carbons (Fsp3) is 0.167. The zero-order chi connectivity index (χ0) is 20.1. The Balaban J connectivity index is 1.27. The first-order chi connectivity index (χ1) is 14.3. The van der Waals surface area contributed by atoms with Crippen LogP contribution in [0.25, 0.3) is 17.2 Å². The van der Waals surface area contributed by atoms with E-state index < -0.39 is 6.09 Å². The quantitative estimate of drug-likeness (QED) is 0.418. The van der Waals surface area contributed by atoms with Crippen molar-refractivity contribution in [2.24, 2.45) is 0 Å². The number of alkyl carbamates (subject to hydrolysis) is 1. The first-order valence-electron chi connectivity index (χ1n) is 9.56. The number of rotatable bonds is 7. The van der Waals surface area contributed by atoms with Gasteiger partial charge in [-0.3, -0.25) is 4.79 Å². The van der Waals surface area contributed by atoms with Crippen LogP contribution in [-0.2, 0) is 4.74 Å². The zero-order valence-electron chi connectivity index (χ0n) is 15.8. The van der Waals surface area contributed by atoms with Gasteiger partial charge in [0.05, 0.1) is 4.88 Å². The van der Waals surface area contributed by atoms with E-state index in [9.17, 15) is 9.59 Å². The van der Waals surface area contributed by atoms with Gasteiger partial charge in [0.1, 0.15) is 6.61 Å². The number of ether oxygens (including phenoxy) is 1. The van der Waals surface area contributed by atoms with Crippen LogP contribution in [0.1, 0.15) is 38.0 Å². The molecule has 1 aliphatic rings. The van der Waals surface area contributed by atoms with Crippen molar-refractivity contribution in [3.63, 3.8) is 0 Å². The molecule has 0 saturated carbocycles. The van der Waals surface area contributed by atoms with Crippen LogP contribution >= 0.6 is 11.3 Å². The molecule has 2 aromatic carbocycles. The van der Waals surface area contributed by atoms with Crippen molar-refractivity contribution in [1.29, 1.82) is 0 Å². The second-order valence-electron chi connectivity index (χ2n) is 6.80. The van der Waals surface area contributed by atoms with Gasteiger partial charge in [0.15, 0.2) is 6.29 Å². The molecule has 0 atom stereocenters. The van der Waals surface area contributed by atoms with Gasteiger partial charge in [-0.05, 0) is 46.9 Å². The van der Waals surface area contributed by atoms with Gasteiger partial charge in [0.25, 0.3) is 0 Å². The zero-order valence-corrected chi connectivity index (χ0v) is 16.7. The average Bonchev–Trinajstić information content (AvgIpc) is 3.34. The van der Waals surface area contributed by atoms with E-state index >= 15 is 0 Å². The number of carbonyl (C=O) groups excluding carboxylic acids is 2. The third-order valence-electron chi connectivity index (χ3n) is 4.97. The van der Waals surface area contributed by atoms with Gasteiger partial charge in [-0.15, -0.1) is 11.3 Å². The summed E-state index contributed by atoms with van der Waals surface area (Å²) in [6, 6.07) is 20.3. The molecule has 29 heavy (non-hydrogen) atoms. The van der Waals surface area contributed by atoms with Crippen LogP contribution in [0, 0.1) is 0 Å². The minimum atomic E-state index is -0.403. The molecule has 0 fully saturated rings. The number of hydrogen-bond acceptors (Lipinski definition) is 4. The van der Waals surface area contributed by atoms with Crippen LogP contribution < -0.4 is 5.32 Å². The maximum Gasteiger partial charge on any atom is 0.407 e. The number of amides is 1. The Morgan fingerprint density at radius 1 is 0.966 bits per heavy atom. The summed E-state index contributed by atoms with van der Waals surface area (Å²) in [7, 11) is 0. The Morgan fingerprint density at radius 2 is 1.62 bits per heavy atom. The molecule has 0 saturated heterocycles. The second kappa shape index (κ2) is 8.88. The fourth-order valence-corrected chi connectivity index (χ4v) is 4.38. The number of aldehydes is 1. The lowest BCUT2D eigenvalue weighted by Gasteiger charge is -2.14. The normalized spacial score (nSPS) is 12.6. The highest BCUT2D eigenvalue weighted by Gasteiger charge is 2.28. The first kappa shape index (κ1) is 19.2. The number of benzene rings is 2. The standard InChI is InChI=1S/C24H21NO3S/c26-15-18-13-12-17(29-18)7-5-6-14-25-24(27)28-16-23-21-10-3-1-8-19(21)20-9-2-4-11-22(20)23/h1-5,7-13,15,23H,6,14,16H2,(H,25,27). The van der Waals surface area contributed by atoms with E-state index in [1.54, 1.807) is 6.07 Å². The van der Waals surface area contributed by atoms with E-state index in [4.69, 9.17) is 4.74 Å². The Bertz CT molecular complexity index is 1010. The summed E-state index contributed by atoms with van der Waals surface area (Å²) in [5.41, 5.74) is 4.84. The van der Waals surface area contributed by atoms with Crippen molar-refractivity contribution in [2.75, 3.05) is 13.2 Å². The van der Waals surface area contributed by atoms with Gasteiger partial charge in [0, 0.05) is 17.3 Å². The van der Waals surface area contributed by atoms with Crippen molar-refractivity contribution in [3.05, 3.63) is 87.6 Å². The molecule has 146 valence electrons. The average molecular weight is 404 g/mol. The first-order valence-corrected chi connectivity index (χ1v) is 10.4. The summed E-state index contributed by atoms with van der Waals surface area (Å²) < 4.78 is 5.51. The predicted octanol–water partition coefficient (Wildman–Crippen LogP) is 5.50. The molecule has 1 aromatic heterocycles. The lowest BCUT2D eigenvalue weighted by atomic mass is 9.98. The molecule has 0 aliphatic heterocycles. The molecule has 0 unspecified atom stereocenters. The minimum Gasteiger partial charge on any atom is -0.449 e. The highest BCUT2D eigenvalue weighted by atomic mass is 32.1. The monoisotopic (exact) mass is 403 g/mol. The molecule has 1 heterocycles. The lowest BCUT2D eigenvalue weighted by molar-refractivity contribution is 0.112. The summed E-state index contributed by atoms with van der Waals surface area (Å²) in [6.45, 7) is 0.818. The summed E-state index contributed by atoms with van der Waals surface area (Å²) in [5.74, 6) is 0.0684. The van der Waals surface area contributed by atoms with Crippen LogP contribution in [0.2, 0.25) is 0 Å². The third-order valence-corrected chi connectivity index (χ3v) is 5.95. The maximum absolute atomic E-state index is 12.1. The Labute approximate surface area is 173 Å². The van der Waals surface area contributed by atoms with E-state index in [2.05, 4.69) is 29.6 Å². The molecule has 0 spiro atoms. The van der Waals surface area contributed by atoms with E-state index in [1.807, 2.05) is 42.5 Å². The SMILES string of the molecule is O=Cc1ccc(C=CCCNC(=O)OCC2c3ccccc3-c3ccccc32)s1. The summed E-state index contributed by atoms with van der Waals surface area (Å²) >= 11 is 1.44. The molecule has 0 radical (unpaired) electrons. The Morgan fingerprint density at radius 3 is 2.28 bits per heavy atom. The molecule has 1 aliphatic carbocycles. The van der Waals surface area contributed by atoms with Crippen molar-refractivity contribution < 1.29 is 14.3 Å². The van der Waals surface area contributed by atoms with Gasteiger partial charge in [-0.1, -0.05) is 54.6 Å². The lowest BCUT2D eigenvalue weighted by Crippen LogP contribution is -2.26. The Kier molecular flexibility index (Phi) is 5.86. The summed E-state index contributed by atoms with van der Waals surface area (Å²) in [4.78, 5) is 24.5. The van der Waals surface area contributed by atoms with Crippen molar-refractivity contribution in [3.8, 4) is 11.1 Å². The van der Waals surface area contributed by atoms with Crippen LogP contribution in [0.3, 0.4) is 0 Å². The van der Waals surface area contributed by atoms with Gasteiger partial charge >= 0.3 is 6.09 Å². The molecular formula is C24H21NO3S. The van der Waals surface area contributed by atoms with Crippen molar-refractivity contribution in [2.45, 2.75) is 12.3 Å². The van der Waals surface area contributed by atoms with Gasteiger partial charge in [0.2, 0.25) is 0 Å². The fourth-order valence-electron chi connectivity index (χ4n) is 3.63. The topological polar surface area (TPSA) is 55.4 Å². The number of thiophene rings is 1. The van der Waals surface area contributed by atoms with Crippen LogP contribution in [0.5, 0.6) is 0 Å². The Hall–Kier alpha value is -3.18. The second-order valence-corrected chi connectivity index (χ2v) is 7.95. The van der Waals surface area contributed by atoms with E-state index in [-0.39, 0.29) is 5.92 Å². The highest BCUT2D eigenvalue weighted by molar-refractivity contribution is 7.14. The van der Waals surface area contributed by atoms with Gasteiger partial charge < -0.3 is 10.1 Å². The van der Waals surface area contributed by atoms with Crippen LogP contribution in [0.4, 0.5) is 4.79 Å². The maximum atomic E-state index is 12.1. The summed E-state index contributed by atoms with van der Waals surface area (Å²) in [5, 5.41) is 2.79. The van der Waals surface area contributed by atoms with Gasteiger partial charge in [-0.2, -0.15) is 0 Å². The molecule has 1 N–H and O–H groups in total. The number of carbonyl (C=O) groups is 2. The third kappa shape index (κ3) is 4.30. The van der Waals surface area contributed by atoms with Gasteiger partial charge in [-0.25, -0.2) is 4.79 Å². The number of hydrogen-bond donors (Lipinski definition) is 1. The highest BCUT2D eigenvalue weighted by Crippen LogP contribution is 2.44. The largest absolute Gasteiger partial charge is 0.449 e. The molecule has 1 amide bonds. The number of nitrogens with one attached hydrogen (secondary N) is 1. The van der Waals surface area contributed by atoms with E-state index in [0.717, 1.165) is 11.2 Å². The van der Waals surface area contributed by atoms with Crippen LogP contribution in [-0.4, -0.2) is 25.5 Å². The van der Waals surface area contributed by atoms with Crippen molar-refractivity contribution in [1.82, 2.24) is 5.32 Å². The minimum absolute atomic E-state index is 0.0684. The van der Waals surface area contributed by atoms with E-state index in [0.29, 0.717) is 24.4 Å². The van der Waals surface area contributed by atoms with Crippen LogP contribution in [0.15, 0.2) is 66.7 Å². The molecule has 0 bridgehead atoms.